The van der Waals surface area contributed by atoms with Gasteiger partial charge in [-0.25, -0.2) is 15.0 Å². The molecule has 2 aromatic heterocycles. The van der Waals surface area contributed by atoms with Gasteiger partial charge in [-0.05, 0) is 57.4 Å². The summed E-state index contributed by atoms with van der Waals surface area (Å²) in [6, 6.07) is 4.55. The molecule has 2 aliphatic rings. The van der Waals surface area contributed by atoms with Crippen molar-refractivity contribution >= 4 is 34.2 Å². The van der Waals surface area contributed by atoms with E-state index in [0.717, 1.165) is 24.3 Å². The summed E-state index contributed by atoms with van der Waals surface area (Å²) in [5.74, 6) is -1.74. The number of benzene rings is 1. The average molecular weight is 621 g/mol. The van der Waals surface area contributed by atoms with Crippen LogP contribution >= 0.6 is 11.3 Å². The van der Waals surface area contributed by atoms with Crippen LogP contribution in [0.15, 0.2) is 30.6 Å². The van der Waals surface area contributed by atoms with Gasteiger partial charge in [-0.1, -0.05) is 11.3 Å². The fraction of sp³-hybridized carbons (Fsp3) is 0.464. The maximum atomic E-state index is 13.1. The highest BCUT2D eigenvalue weighted by atomic mass is 32.1. The van der Waals surface area contributed by atoms with Crippen molar-refractivity contribution < 1.29 is 37.3 Å². The lowest BCUT2D eigenvalue weighted by molar-refractivity contribution is -0.275. The molecule has 3 aromatic rings. The quantitative estimate of drug-likeness (QED) is 0.335. The Balaban J connectivity index is 1.36. The largest absolute Gasteiger partial charge is 0.573 e. The summed E-state index contributed by atoms with van der Waals surface area (Å²) in [6.45, 7) is 4.56. The minimum atomic E-state index is -4.91. The number of anilines is 2. The van der Waals surface area contributed by atoms with E-state index >= 15 is 0 Å². The third-order valence-corrected chi connectivity index (χ3v) is 8.61. The summed E-state index contributed by atoms with van der Waals surface area (Å²) in [5, 5.41) is 12.2. The Bertz CT molecular complexity index is 1460. The van der Waals surface area contributed by atoms with Crippen molar-refractivity contribution in [3.05, 3.63) is 41.2 Å². The van der Waals surface area contributed by atoms with Crippen LogP contribution in [0.25, 0.3) is 11.3 Å². The number of carbonyl (C=O) groups excluding carboxylic acids is 1. The number of hydrogen-bond acceptors (Lipinski definition) is 10. The number of halogens is 3. The number of ether oxygens (including phenoxy) is 2. The molecule has 0 bridgehead atoms. The van der Waals surface area contributed by atoms with Gasteiger partial charge in [-0.3, -0.25) is 19.8 Å². The van der Waals surface area contributed by atoms with Gasteiger partial charge in [0.15, 0.2) is 16.6 Å². The van der Waals surface area contributed by atoms with E-state index in [2.05, 4.69) is 36.8 Å². The third kappa shape index (κ3) is 7.33. The predicted molar refractivity (Wildman–Crippen MR) is 152 cm³/mol. The van der Waals surface area contributed by atoms with E-state index in [1.54, 1.807) is 6.07 Å². The van der Waals surface area contributed by atoms with Gasteiger partial charge in [0.05, 0.1) is 31.1 Å². The van der Waals surface area contributed by atoms with Crippen molar-refractivity contribution in [1.29, 1.82) is 0 Å². The first-order chi connectivity index (χ1) is 20.5. The molecule has 5 rings (SSSR count). The van der Waals surface area contributed by atoms with E-state index in [0.29, 0.717) is 55.6 Å². The number of carbonyl (C=O) groups is 2. The summed E-state index contributed by atoms with van der Waals surface area (Å²) >= 11 is 1.24. The van der Waals surface area contributed by atoms with Crippen molar-refractivity contribution in [3.8, 4) is 22.8 Å². The Morgan fingerprint density at radius 3 is 2.49 bits per heavy atom. The normalized spacial score (nSPS) is 18.1. The van der Waals surface area contributed by atoms with Crippen LogP contribution in [0.1, 0.15) is 48.0 Å². The second kappa shape index (κ2) is 12.7. The fourth-order valence-corrected chi connectivity index (χ4v) is 6.30. The number of carboxylic acid groups (broad SMARTS) is 1. The third-order valence-electron chi connectivity index (χ3n) is 7.66. The maximum absolute atomic E-state index is 13.1. The molecule has 0 radical (unpaired) electrons. The number of carboxylic acids is 1. The lowest BCUT2D eigenvalue weighted by atomic mass is 9.97. The molecule has 0 saturated carbocycles. The van der Waals surface area contributed by atoms with Crippen molar-refractivity contribution in [2.24, 2.45) is 5.92 Å². The van der Waals surface area contributed by atoms with E-state index in [4.69, 9.17) is 4.74 Å². The molecule has 0 spiro atoms. The number of amides is 1. The summed E-state index contributed by atoms with van der Waals surface area (Å²) < 4.78 is 48.5. The molecule has 43 heavy (non-hydrogen) atoms. The molecule has 2 N–H and O–H groups in total. The molecule has 230 valence electrons. The van der Waals surface area contributed by atoms with Gasteiger partial charge < -0.3 is 19.5 Å². The van der Waals surface area contributed by atoms with Crippen molar-refractivity contribution in [1.82, 2.24) is 19.9 Å². The standard InChI is InChI=1S/C28H31F3N6O5S/c1-16-4-3-9-37(16)15-22-24(18-5-6-20(41-2)21(12-18)42-28(29,30)31)34-27(43-22)35-25(38)19-13-33-23(14-32-19)36-10-7-17(8-11-36)26(39)40/h5-6,12-14,16-17H,3-4,7-11,15H2,1-2H3,(H,39,40)(H,34,35,38)/t16-/m1/s1. The van der Waals surface area contributed by atoms with Crippen LogP contribution in [-0.2, 0) is 11.3 Å². The molecule has 2 aliphatic heterocycles. The average Bonchev–Trinajstić information content (AvgIpc) is 3.57. The SMILES string of the molecule is COc1ccc(-c2nc(NC(=O)c3cnc(N4CCC(C(=O)O)CC4)cn3)sc2CN2CCC[C@H]2C)cc1OC(F)(F)F. The number of piperidine rings is 1. The number of alkyl halides is 3. The van der Waals surface area contributed by atoms with E-state index in [1.807, 2.05) is 4.90 Å². The Morgan fingerprint density at radius 1 is 1.12 bits per heavy atom. The second-order valence-corrected chi connectivity index (χ2v) is 11.6. The molecular formula is C28H31F3N6O5S. The number of methoxy groups -OCH3 is 1. The summed E-state index contributed by atoms with van der Waals surface area (Å²) in [7, 11) is 1.26. The van der Waals surface area contributed by atoms with Crippen LogP contribution in [0.2, 0.25) is 0 Å². The lowest BCUT2D eigenvalue weighted by Gasteiger charge is -2.30. The highest BCUT2D eigenvalue weighted by Gasteiger charge is 2.33. The highest BCUT2D eigenvalue weighted by molar-refractivity contribution is 7.16. The minimum Gasteiger partial charge on any atom is -0.493 e. The van der Waals surface area contributed by atoms with Crippen LogP contribution in [0.5, 0.6) is 11.5 Å². The first-order valence-electron chi connectivity index (χ1n) is 13.8. The number of aromatic nitrogens is 3. The van der Waals surface area contributed by atoms with E-state index < -0.39 is 24.0 Å². The Morgan fingerprint density at radius 2 is 1.88 bits per heavy atom. The Kier molecular flexibility index (Phi) is 9.01. The molecule has 0 unspecified atom stereocenters. The van der Waals surface area contributed by atoms with Crippen LogP contribution in [0, 0.1) is 5.92 Å². The topological polar surface area (TPSA) is 130 Å². The zero-order valence-corrected chi connectivity index (χ0v) is 24.4. The van der Waals surface area contributed by atoms with Gasteiger partial charge in [0, 0.05) is 36.1 Å². The monoisotopic (exact) mass is 620 g/mol. The molecule has 1 aromatic carbocycles. The first kappa shape index (κ1) is 30.5. The number of likely N-dealkylation sites (tertiary alicyclic amines) is 1. The van der Waals surface area contributed by atoms with E-state index in [9.17, 15) is 27.9 Å². The Hall–Kier alpha value is -3.98. The molecular weight excluding hydrogens is 589 g/mol. The first-order valence-corrected chi connectivity index (χ1v) is 14.6. The molecule has 0 aliphatic carbocycles. The number of nitrogens with one attached hydrogen (secondary N) is 1. The molecule has 1 atom stereocenters. The Labute approximate surface area is 249 Å². The number of rotatable bonds is 9. The summed E-state index contributed by atoms with van der Waals surface area (Å²) in [4.78, 5) is 42.5. The predicted octanol–water partition coefficient (Wildman–Crippen LogP) is 5.04. The lowest BCUT2D eigenvalue weighted by Crippen LogP contribution is -2.36. The van der Waals surface area contributed by atoms with Crippen LogP contribution in [0.3, 0.4) is 0 Å². The van der Waals surface area contributed by atoms with Gasteiger partial charge in [0.25, 0.3) is 5.91 Å². The maximum Gasteiger partial charge on any atom is 0.573 e. The van der Waals surface area contributed by atoms with E-state index in [1.165, 1.54) is 43.0 Å². The van der Waals surface area contributed by atoms with Gasteiger partial charge in [-0.15, -0.1) is 13.2 Å². The molecule has 1 amide bonds. The smallest absolute Gasteiger partial charge is 0.493 e. The number of nitrogens with zero attached hydrogens (tertiary/aromatic N) is 5. The van der Waals surface area contributed by atoms with Crippen molar-refractivity contribution in [2.75, 3.05) is 37.0 Å². The van der Waals surface area contributed by atoms with Gasteiger partial charge >= 0.3 is 12.3 Å². The van der Waals surface area contributed by atoms with Gasteiger partial charge in [0.2, 0.25) is 0 Å². The van der Waals surface area contributed by atoms with Crippen LogP contribution in [0.4, 0.5) is 24.1 Å². The van der Waals surface area contributed by atoms with Gasteiger partial charge in [0.1, 0.15) is 11.5 Å². The fourth-order valence-electron chi connectivity index (χ4n) is 5.30. The van der Waals surface area contributed by atoms with Crippen LogP contribution < -0.4 is 19.7 Å². The van der Waals surface area contributed by atoms with Crippen LogP contribution in [-0.4, -0.2) is 76.0 Å². The molecule has 2 saturated heterocycles. The van der Waals surface area contributed by atoms with Crippen molar-refractivity contribution in [3.63, 3.8) is 0 Å². The zero-order chi connectivity index (χ0) is 30.7. The second-order valence-electron chi connectivity index (χ2n) is 10.5. The number of thiazole rings is 1. The van der Waals surface area contributed by atoms with Crippen molar-refractivity contribution in [2.45, 2.75) is 51.6 Å². The number of hydrogen-bond donors (Lipinski definition) is 2. The highest BCUT2D eigenvalue weighted by Crippen LogP contribution is 2.39. The summed E-state index contributed by atoms with van der Waals surface area (Å²) in [5.41, 5.74) is 0.871. The molecule has 2 fully saturated rings. The van der Waals surface area contributed by atoms with Gasteiger partial charge in [-0.2, -0.15) is 0 Å². The molecule has 4 heterocycles. The minimum absolute atomic E-state index is 0.0564. The number of aliphatic carboxylic acids is 1. The molecule has 11 nitrogen and oxygen atoms in total. The summed E-state index contributed by atoms with van der Waals surface area (Å²) in [6.07, 6.45) is 0.993. The zero-order valence-electron chi connectivity index (χ0n) is 23.6. The van der Waals surface area contributed by atoms with E-state index in [-0.39, 0.29) is 22.5 Å². The molecule has 15 heteroatoms.